The summed E-state index contributed by atoms with van der Waals surface area (Å²) in [6.45, 7) is 16.3. The highest BCUT2D eigenvalue weighted by Gasteiger charge is 2.43. The number of aromatic nitrogens is 1. The molecule has 394 valence electrons. The number of carbonyl (C=O) groups excluding carboxylic acids is 7. The number of carbonyl (C=O) groups is 7. The molecule has 0 bridgehead atoms. The number of hydrazine groups is 1. The zero-order valence-corrected chi connectivity index (χ0v) is 44.2. The van der Waals surface area contributed by atoms with E-state index in [0.717, 1.165) is 29.3 Å². The Morgan fingerprint density at radius 3 is 2.10 bits per heavy atom. The van der Waals surface area contributed by atoms with E-state index in [1.165, 1.54) is 21.1 Å². The molecule has 1 fully saturated rings. The predicted octanol–water partition coefficient (Wildman–Crippen LogP) is 4.25. The number of aromatic amines is 1. The smallest absolute Gasteiger partial charge is 0.245 e. The van der Waals surface area contributed by atoms with E-state index >= 15 is 0 Å². The molecule has 6 amide bonds. The van der Waals surface area contributed by atoms with E-state index in [1.807, 2.05) is 84.0 Å². The van der Waals surface area contributed by atoms with Crippen molar-refractivity contribution in [3.63, 3.8) is 0 Å². The van der Waals surface area contributed by atoms with Crippen LogP contribution in [0.15, 0.2) is 30.5 Å². The van der Waals surface area contributed by atoms with Crippen molar-refractivity contribution in [2.24, 2.45) is 29.4 Å². The number of hydrogen-bond acceptors (Lipinski definition) is 11. The number of methoxy groups -OCH3 is 2. The van der Waals surface area contributed by atoms with Gasteiger partial charge in [-0.05, 0) is 88.5 Å². The van der Waals surface area contributed by atoms with E-state index in [1.54, 1.807) is 23.8 Å². The van der Waals surface area contributed by atoms with E-state index in [0.29, 0.717) is 64.6 Å². The fourth-order valence-electron chi connectivity index (χ4n) is 9.91. The van der Waals surface area contributed by atoms with Crippen molar-refractivity contribution in [2.75, 3.05) is 47.9 Å². The van der Waals surface area contributed by atoms with Crippen molar-refractivity contribution in [3.8, 4) is 0 Å². The lowest BCUT2D eigenvalue weighted by Gasteiger charge is -2.41. The Bertz CT molecular complexity index is 2010. The number of likely N-dealkylation sites (tertiary alicyclic amines) is 1. The number of ketones is 1. The third-order valence-corrected chi connectivity index (χ3v) is 14.1. The first-order valence-electron chi connectivity index (χ1n) is 25.5. The van der Waals surface area contributed by atoms with Crippen LogP contribution in [0.2, 0.25) is 0 Å². The molecule has 1 aromatic heterocycles. The number of nitrogens with two attached hydrogens (primary N) is 1. The average molecular weight is 982 g/mol. The molecule has 0 unspecified atom stereocenters. The van der Waals surface area contributed by atoms with Crippen LogP contribution in [0.3, 0.4) is 0 Å². The molecule has 0 aliphatic carbocycles. The predicted molar refractivity (Wildman–Crippen MR) is 272 cm³/mol. The number of nitrogens with zero attached hydrogens (tertiary/aromatic N) is 3. The zero-order valence-electron chi connectivity index (χ0n) is 44.2. The molecule has 0 saturated carbocycles. The van der Waals surface area contributed by atoms with Gasteiger partial charge >= 0.3 is 0 Å². The van der Waals surface area contributed by atoms with Gasteiger partial charge in [-0.2, -0.15) is 0 Å². The van der Waals surface area contributed by atoms with Crippen molar-refractivity contribution in [1.29, 1.82) is 0 Å². The number of ether oxygens (including phenoxy) is 2. The first-order valence-corrected chi connectivity index (χ1v) is 25.5. The minimum Gasteiger partial charge on any atom is -0.379 e. The molecule has 0 spiro atoms. The molecule has 18 nitrogen and oxygen atoms in total. The van der Waals surface area contributed by atoms with Crippen LogP contribution in [0.25, 0.3) is 10.9 Å². The molecule has 9 atom stereocenters. The number of Topliss-reactive ketones (excluding diaryl/α,β-unsaturated/α-hetero) is 1. The van der Waals surface area contributed by atoms with Crippen LogP contribution in [0, 0.1) is 23.7 Å². The minimum atomic E-state index is -0.889. The highest BCUT2D eigenvalue weighted by molar-refractivity contribution is 5.91. The number of nitrogens with one attached hydrogen (secondary N) is 5. The van der Waals surface area contributed by atoms with Gasteiger partial charge in [-0.25, -0.2) is 0 Å². The van der Waals surface area contributed by atoms with E-state index in [9.17, 15) is 33.6 Å². The van der Waals surface area contributed by atoms with E-state index < -0.39 is 48.3 Å². The first-order chi connectivity index (χ1) is 33.2. The quantitative estimate of drug-likeness (QED) is 0.0478. The summed E-state index contributed by atoms with van der Waals surface area (Å²) >= 11 is 0. The number of hydrogen-bond donors (Lipinski definition) is 6. The summed E-state index contributed by atoms with van der Waals surface area (Å²) in [5.74, 6) is -3.13. The Morgan fingerprint density at radius 2 is 1.51 bits per heavy atom. The number of H-pyrrole nitrogens is 1. The molecule has 1 aliphatic heterocycles. The molecule has 2 aromatic rings. The van der Waals surface area contributed by atoms with Crippen LogP contribution in [-0.2, 0) is 49.5 Å². The number of rotatable bonds is 30. The average Bonchev–Trinajstić information content (AvgIpc) is 3.98. The first kappa shape index (κ1) is 59.4. The van der Waals surface area contributed by atoms with Crippen LogP contribution in [-0.4, -0.2) is 151 Å². The number of fused-ring (bicyclic) bond motifs is 1. The van der Waals surface area contributed by atoms with Crippen LogP contribution in [0.4, 0.5) is 0 Å². The van der Waals surface area contributed by atoms with E-state index in [-0.39, 0.29) is 71.8 Å². The van der Waals surface area contributed by atoms with E-state index in [2.05, 4.69) is 26.5 Å². The normalized spacial score (nSPS) is 17.4. The summed E-state index contributed by atoms with van der Waals surface area (Å²) in [7, 11) is 6.59. The standard InChI is InChI=1S/C52H87N9O9/c1-13-34(6)48(60(10)52(68)46(32(2)3)56-51(67)47(33(4)5)59(9)27-20-25-44(64)58-57-43(63)24-15-14-18-26-53)42(69-11)30-45(65)61-28-19-23-41(61)49(70-12)35(7)50(66)55-40(36(8)62)29-37-31-54-39-22-17-16-21-38(37)39/h16-17,21-22,31-35,40-42,46-49,54H,13-15,18-20,23-30,53H2,1-12H3,(H,55,66)(H,56,67)(H,57,63)(H,58,64)/t34-,35+,40-,41-,42+,46-,47-,48-,49+/m0/s1. The highest BCUT2D eigenvalue weighted by atomic mass is 16.5. The maximum atomic E-state index is 14.6. The summed E-state index contributed by atoms with van der Waals surface area (Å²) in [6.07, 6.45) is 6.04. The topological polar surface area (TPSA) is 238 Å². The van der Waals surface area contributed by atoms with Crippen molar-refractivity contribution < 1.29 is 43.0 Å². The summed E-state index contributed by atoms with van der Waals surface area (Å²) in [5, 5.41) is 7.02. The Kier molecular flexibility index (Phi) is 25.0. The number of unbranched alkanes of at least 4 members (excludes halogenated alkanes) is 2. The largest absolute Gasteiger partial charge is 0.379 e. The number of benzene rings is 1. The number of para-hydroxylation sites is 1. The van der Waals surface area contributed by atoms with Gasteiger partial charge in [0, 0.05) is 64.2 Å². The number of amides is 6. The Morgan fingerprint density at radius 1 is 0.857 bits per heavy atom. The molecule has 0 radical (unpaired) electrons. The number of likely N-dealkylation sites (N-methyl/N-ethyl adjacent to an activating group) is 2. The summed E-state index contributed by atoms with van der Waals surface area (Å²) in [5.41, 5.74) is 12.3. The minimum absolute atomic E-state index is 0.0355. The SMILES string of the molecule is CC[C@H](C)[C@@H]([C@@H](CC(=O)N1CCC[C@H]1[C@H](OC)[C@@H](C)C(=O)N[C@@H](Cc1c[nH]c2ccccc12)C(C)=O)OC)N(C)C(=O)[C@@H](NC(=O)[C@H](C(C)C)N(C)CCCC(=O)NNC(=O)CCCCCN)C(C)C. The second kappa shape index (κ2) is 29.4. The molecule has 7 N–H and O–H groups in total. The lowest BCUT2D eigenvalue weighted by molar-refractivity contribution is -0.148. The molecule has 1 aliphatic rings. The van der Waals surface area contributed by atoms with Gasteiger partial charge in [-0.15, -0.1) is 0 Å². The second-order valence-electron chi connectivity index (χ2n) is 20.0. The second-order valence-corrected chi connectivity index (χ2v) is 20.0. The van der Waals surface area contributed by atoms with E-state index in [4.69, 9.17) is 15.2 Å². The zero-order chi connectivity index (χ0) is 52.2. The Balaban J connectivity index is 1.69. The maximum absolute atomic E-state index is 14.6. The molecule has 2 heterocycles. The molecule has 18 heteroatoms. The fourth-order valence-corrected chi connectivity index (χ4v) is 9.91. The third kappa shape index (κ3) is 16.9. The van der Waals surface area contributed by atoms with Crippen molar-refractivity contribution in [1.82, 2.24) is 41.2 Å². The van der Waals surface area contributed by atoms with Gasteiger partial charge in [0.05, 0.1) is 48.7 Å². The summed E-state index contributed by atoms with van der Waals surface area (Å²) < 4.78 is 12.1. The monoisotopic (exact) mass is 982 g/mol. The van der Waals surface area contributed by atoms with Gasteiger partial charge in [-0.3, -0.25) is 49.3 Å². The van der Waals surface area contributed by atoms with Gasteiger partial charge in [0.25, 0.3) is 0 Å². The van der Waals surface area contributed by atoms with Crippen LogP contribution in [0.5, 0.6) is 0 Å². The third-order valence-electron chi connectivity index (χ3n) is 14.1. The lowest BCUT2D eigenvalue weighted by atomic mass is 9.89. The van der Waals surface area contributed by atoms with Crippen molar-refractivity contribution >= 4 is 52.1 Å². The molecule has 1 saturated heterocycles. The van der Waals surface area contributed by atoms with Crippen LogP contribution >= 0.6 is 0 Å². The Hall–Kier alpha value is -4.91. The summed E-state index contributed by atoms with van der Waals surface area (Å²) in [6, 6.07) is 4.60. The summed E-state index contributed by atoms with van der Waals surface area (Å²) in [4.78, 5) is 103. The molecular formula is C52H87N9O9. The molecule has 1 aromatic carbocycles. The van der Waals surface area contributed by atoms with Crippen LogP contribution < -0.4 is 27.2 Å². The van der Waals surface area contributed by atoms with Gasteiger partial charge in [0.2, 0.25) is 35.4 Å². The maximum Gasteiger partial charge on any atom is 0.245 e. The Labute approximate surface area is 417 Å². The lowest BCUT2D eigenvalue weighted by Crippen LogP contribution is -2.60. The van der Waals surface area contributed by atoms with Crippen LogP contribution in [0.1, 0.15) is 125 Å². The van der Waals surface area contributed by atoms with Gasteiger partial charge < -0.3 is 40.6 Å². The van der Waals surface area contributed by atoms with Gasteiger partial charge in [0.15, 0.2) is 5.78 Å². The fraction of sp³-hybridized carbons (Fsp3) is 0.712. The highest BCUT2D eigenvalue weighted by Crippen LogP contribution is 2.30. The molecular weight excluding hydrogens is 895 g/mol. The molecule has 3 rings (SSSR count). The molecule has 70 heavy (non-hydrogen) atoms. The van der Waals surface area contributed by atoms with Crippen molar-refractivity contribution in [3.05, 3.63) is 36.0 Å². The van der Waals surface area contributed by atoms with Gasteiger partial charge in [-0.1, -0.05) is 79.5 Å². The van der Waals surface area contributed by atoms with Crippen molar-refractivity contribution in [2.45, 2.75) is 168 Å². The van der Waals surface area contributed by atoms with Gasteiger partial charge in [0.1, 0.15) is 6.04 Å².